The van der Waals surface area contributed by atoms with E-state index in [9.17, 15) is 0 Å². The summed E-state index contributed by atoms with van der Waals surface area (Å²) in [5, 5.41) is 7.77. The molecule has 1 fully saturated rings. The van der Waals surface area contributed by atoms with Crippen molar-refractivity contribution in [1.29, 1.82) is 5.41 Å². The second-order valence-corrected chi connectivity index (χ2v) is 6.47. The van der Waals surface area contributed by atoms with Gasteiger partial charge in [-0.05, 0) is 48.8 Å². The molecule has 5 heteroatoms. The molecule has 1 aliphatic rings. The largest absolute Gasteiger partial charge is 0.384 e. The van der Waals surface area contributed by atoms with Crippen LogP contribution >= 0.6 is 15.9 Å². The van der Waals surface area contributed by atoms with Crippen LogP contribution in [0.4, 0.5) is 5.69 Å². The van der Waals surface area contributed by atoms with E-state index in [-0.39, 0.29) is 17.5 Å². The molecule has 0 bridgehead atoms. The molecule has 1 aromatic carbocycles. The molecule has 1 aliphatic heterocycles. The molecule has 0 aliphatic carbocycles. The van der Waals surface area contributed by atoms with Crippen LogP contribution in [-0.2, 0) is 4.74 Å². The number of hydrogen-bond acceptors (Lipinski definition) is 3. The average molecular weight is 326 g/mol. The summed E-state index contributed by atoms with van der Waals surface area (Å²) in [5.41, 5.74) is 7.27. The van der Waals surface area contributed by atoms with Gasteiger partial charge in [-0.1, -0.05) is 6.07 Å². The van der Waals surface area contributed by atoms with Crippen LogP contribution in [0.2, 0.25) is 0 Å². The molecule has 4 nitrogen and oxygen atoms in total. The Morgan fingerprint density at radius 1 is 1.53 bits per heavy atom. The van der Waals surface area contributed by atoms with E-state index in [0.29, 0.717) is 0 Å². The van der Waals surface area contributed by atoms with E-state index in [2.05, 4.69) is 41.6 Å². The summed E-state index contributed by atoms with van der Waals surface area (Å²) >= 11 is 3.48. The third-order valence-electron chi connectivity index (χ3n) is 3.17. The Balaban J connectivity index is 2.41. The summed E-state index contributed by atoms with van der Waals surface area (Å²) in [7, 11) is 0. The number of nitrogens with zero attached hydrogens (tertiary/aromatic N) is 1. The van der Waals surface area contributed by atoms with Crippen LogP contribution in [0, 0.1) is 5.41 Å². The lowest BCUT2D eigenvalue weighted by molar-refractivity contribution is -0.0749. The molecule has 0 spiro atoms. The van der Waals surface area contributed by atoms with Crippen LogP contribution in [0.3, 0.4) is 0 Å². The standard InChI is InChI=1S/C14H20BrN3O/c1-9-7-18(8-14(2,3)19-9)11-6-4-5-10(15)12(11)13(16)17/h4-6,9H,7-8H2,1-3H3,(H3,16,17). The van der Waals surface area contributed by atoms with E-state index >= 15 is 0 Å². The van der Waals surface area contributed by atoms with Crippen molar-refractivity contribution in [3.05, 3.63) is 28.2 Å². The van der Waals surface area contributed by atoms with E-state index in [1.54, 1.807) is 0 Å². The van der Waals surface area contributed by atoms with Crippen molar-refractivity contribution in [2.75, 3.05) is 18.0 Å². The van der Waals surface area contributed by atoms with Gasteiger partial charge in [-0.2, -0.15) is 0 Å². The molecule has 104 valence electrons. The van der Waals surface area contributed by atoms with Crippen molar-refractivity contribution in [2.45, 2.75) is 32.5 Å². The third kappa shape index (κ3) is 3.09. The Bertz CT molecular complexity index is 501. The number of ether oxygens (including phenoxy) is 1. The van der Waals surface area contributed by atoms with Gasteiger partial charge in [0.2, 0.25) is 0 Å². The molecule has 1 unspecified atom stereocenters. The molecular weight excluding hydrogens is 306 g/mol. The van der Waals surface area contributed by atoms with Gasteiger partial charge in [0.1, 0.15) is 5.84 Å². The number of nitrogens with one attached hydrogen (secondary N) is 1. The zero-order chi connectivity index (χ0) is 14.2. The molecule has 3 N–H and O–H groups in total. The Morgan fingerprint density at radius 2 is 2.21 bits per heavy atom. The van der Waals surface area contributed by atoms with E-state index in [1.807, 2.05) is 18.2 Å². The van der Waals surface area contributed by atoms with Crippen molar-refractivity contribution in [2.24, 2.45) is 5.73 Å². The van der Waals surface area contributed by atoms with Crippen molar-refractivity contribution in [1.82, 2.24) is 0 Å². The number of rotatable bonds is 2. The second kappa shape index (κ2) is 5.13. The van der Waals surface area contributed by atoms with Crippen LogP contribution in [0.15, 0.2) is 22.7 Å². The lowest BCUT2D eigenvalue weighted by atomic mass is 10.0. The van der Waals surface area contributed by atoms with Gasteiger partial charge in [0.15, 0.2) is 0 Å². The number of hydrogen-bond donors (Lipinski definition) is 2. The zero-order valence-electron chi connectivity index (χ0n) is 11.5. The Labute approximate surface area is 122 Å². The van der Waals surface area contributed by atoms with Crippen LogP contribution in [0.5, 0.6) is 0 Å². The van der Waals surface area contributed by atoms with Gasteiger partial charge < -0.3 is 15.4 Å². The number of nitrogen functional groups attached to an aromatic ring is 1. The van der Waals surface area contributed by atoms with Crippen molar-refractivity contribution in [3.8, 4) is 0 Å². The van der Waals surface area contributed by atoms with Crippen molar-refractivity contribution in [3.63, 3.8) is 0 Å². The van der Waals surface area contributed by atoms with Gasteiger partial charge in [-0.15, -0.1) is 0 Å². The van der Waals surface area contributed by atoms with Crippen LogP contribution in [0.1, 0.15) is 26.3 Å². The summed E-state index contributed by atoms with van der Waals surface area (Å²) < 4.78 is 6.77. The minimum Gasteiger partial charge on any atom is -0.384 e. The maximum atomic E-state index is 7.77. The minimum atomic E-state index is -0.200. The first kappa shape index (κ1) is 14.3. The summed E-state index contributed by atoms with van der Waals surface area (Å²) in [6.07, 6.45) is 0.155. The number of nitrogens with two attached hydrogens (primary N) is 1. The summed E-state index contributed by atoms with van der Waals surface area (Å²) in [6, 6.07) is 5.89. The predicted octanol–water partition coefficient (Wildman–Crippen LogP) is 2.74. The highest BCUT2D eigenvalue weighted by atomic mass is 79.9. The average Bonchev–Trinajstić information content (AvgIpc) is 2.25. The molecule has 0 saturated carbocycles. The number of morpholine rings is 1. The van der Waals surface area contributed by atoms with E-state index in [4.69, 9.17) is 15.9 Å². The Hall–Kier alpha value is -1.07. The maximum absolute atomic E-state index is 7.77. The lowest BCUT2D eigenvalue weighted by Crippen LogP contribution is -2.52. The topological polar surface area (TPSA) is 62.3 Å². The lowest BCUT2D eigenvalue weighted by Gasteiger charge is -2.43. The van der Waals surface area contributed by atoms with E-state index in [0.717, 1.165) is 28.8 Å². The zero-order valence-corrected chi connectivity index (χ0v) is 13.1. The number of benzene rings is 1. The van der Waals surface area contributed by atoms with Crippen LogP contribution in [-0.4, -0.2) is 30.6 Å². The monoisotopic (exact) mass is 325 g/mol. The van der Waals surface area contributed by atoms with Gasteiger partial charge in [0.05, 0.1) is 17.3 Å². The Morgan fingerprint density at radius 3 is 2.79 bits per heavy atom. The van der Waals surface area contributed by atoms with Crippen molar-refractivity contribution < 1.29 is 4.74 Å². The number of anilines is 1. The van der Waals surface area contributed by atoms with Gasteiger partial charge >= 0.3 is 0 Å². The third-order valence-corrected chi connectivity index (χ3v) is 3.83. The molecule has 0 aromatic heterocycles. The summed E-state index contributed by atoms with van der Waals surface area (Å²) in [4.78, 5) is 2.25. The smallest absolute Gasteiger partial charge is 0.126 e. The minimum absolute atomic E-state index is 0.0828. The predicted molar refractivity (Wildman–Crippen MR) is 82.0 cm³/mol. The summed E-state index contributed by atoms with van der Waals surface area (Å²) in [5.74, 6) is 0.0828. The van der Waals surface area contributed by atoms with Crippen molar-refractivity contribution >= 4 is 27.5 Å². The highest BCUT2D eigenvalue weighted by Crippen LogP contribution is 2.31. The Kier molecular flexibility index (Phi) is 3.87. The molecular formula is C14H20BrN3O. The first-order valence-electron chi connectivity index (χ1n) is 6.36. The highest BCUT2D eigenvalue weighted by Gasteiger charge is 2.32. The summed E-state index contributed by atoms with van der Waals surface area (Å²) in [6.45, 7) is 7.83. The number of amidine groups is 1. The molecule has 0 amide bonds. The van der Waals surface area contributed by atoms with Gasteiger partial charge in [-0.25, -0.2) is 0 Å². The quantitative estimate of drug-likeness (QED) is 0.649. The number of halogens is 1. The first-order chi connectivity index (χ1) is 8.80. The van der Waals surface area contributed by atoms with Gasteiger partial charge in [0, 0.05) is 23.2 Å². The molecule has 1 saturated heterocycles. The molecule has 1 atom stereocenters. The normalized spacial score (nSPS) is 22.3. The van der Waals surface area contributed by atoms with Gasteiger partial charge in [-0.3, -0.25) is 5.41 Å². The van der Waals surface area contributed by atoms with E-state index in [1.165, 1.54) is 0 Å². The molecule has 19 heavy (non-hydrogen) atoms. The molecule has 1 aromatic rings. The molecule has 0 radical (unpaired) electrons. The van der Waals surface area contributed by atoms with Gasteiger partial charge in [0.25, 0.3) is 0 Å². The maximum Gasteiger partial charge on any atom is 0.126 e. The fraction of sp³-hybridized carbons (Fsp3) is 0.500. The van der Waals surface area contributed by atoms with E-state index < -0.39 is 0 Å². The molecule has 2 rings (SSSR count). The first-order valence-corrected chi connectivity index (χ1v) is 7.15. The fourth-order valence-electron chi connectivity index (χ4n) is 2.68. The second-order valence-electron chi connectivity index (χ2n) is 5.62. The van der Waals surface area contributed by atoms with Crippen LogP contribution in [0.25, 0.3) is 0 Å². The molecule has 1 heterocycles. The fourth-order valence-corrected chi connectivity index (χ4v) is 3.25. The highest BCUT2D eigenvalue weighted by molar-refractivity contribution is 9.10. The SMILES string of the molecule is CC1CN(c2cccc(Br)c2C(=N)N)CC(C)(C)O1. The van der Waals surface area contributed by atoms with Crippen LogP contribution < -0.4 is 10.6 Å².